The molecule has 8 heteroatoms. The summed E-state index contributed by atoms with van der Waals surface area (Å²) in [6, 6.07) is 21.5. The number of aromatic nitrogens is 2. The Morgan fingerprint density at radius 2 is 1.63 bits per heavy atom. The number of carbonyl (C=O) groups excluding carboxylic acids is 2. The van der Waals surface area contributed by atoms with Gasteiger partial charge in [0.25, 0.3) is 5.56 Å². The number of nitrogens with one attached hydrogen (secondary N) is 1. The molecule has 38 heavy (non-hydrogen) atoms. The second-order valence-electron chi connectivity index (χ2n) is 10.5. The van der Waals surface area contributed by atoms with E-state index in [0.29, 0.717) is 33.9 Å². The molecule has 7 rings (SSSR count). The number of imide groups is 1. The third kappa shape index (κ3) is 2.73. The lowest BCUT2D eigenvalue weighted by Crippen LogP contribution is -2.51. The number of rotatable bonds is 3. The van der Waals surface area contributed by atoms with Gasteiger partial charge in [-0.2, -0.15) is 0 Å². The van der Waals surface area contributed by atoms with E-state index >= 15 is 0 Å². The van der Waals surface area contributed by atoms with Gasteiger partial charge in [0.2, 0.25) is 11.8 Å². The molecule has 2 fully saturated rings. The summed E-state index contributed by atoms with van der Waals surface area (Å²) in [6.07, 6.45) is 0. The molecule has 0 unspecified atom stereocenters. The Bertz CT molecular complexity index is 1710. The van der Waals surface area contributed by atoms with E-state index in [1.165, 1.54) is 4.90 Å². The highest BCUT2D eigenvalue weighted by atomic mass is 16.5. The Morgan fingerprint density at radius 3 is 2.37 bits per heavy atom. The molecular formula is C30H26N4O4. The summed E-state index contributed by atoms with van der Waals surface area (Å²) in [5.74, 6) is -0.791. The summed E-state index contributed by atoms with van der Waals surface area (Å²) in [4.78, 5) is 48.6. The third-order valence-corrected chi connectivity index (χ3v) is 8.35. The van der Waals surface area contributed by atoms with Crippen molar-refractivity contribution in [2.24, 2.45) is 17.8 Å². The molecule has 3 aromatic carbocycles. The van der Waals surface area contributed by atoms with Crippen molar-refractivity contribution < 1.29 is 14.3 Å². The lowest BCUT2D eigenvalue weighted by atomic mass is 9.75. The normalized spacial score (nSPS) is 25.4. The van der Waals surface area contributed by atoms with E-state index in [1.807, 2.05) is 56.3 Å². The largest absolute Gasteiger partial charge is 0.497 e. The molecule has 4 atom stereocenters. The number of nitrogens with zero attached hydrogens (tertiary/aromatic N) is 3. The van der Waals surface area contributed by atoms with Gasteiger partial charge in [-0.1, -0.05) is 44.2 Å². The average Bonchev–Trinajstić information content (AvgIpc) is 3.53. The highest BCUT2D eigenvalue weighted by molar-refractivity contribution is 6.23. The molecule has 1 spiro atoms. The number of benzene rings is 3. The number of fused-ring (bicyclic) bond motifs is 8. The standard InChI is InChI=1S/C30H26N4O4/c1-16(2)25-23-24(28(37)33(27(23)36)17-12-14-18(38-3)15-13-17)30(32-25)20-9-5-7-11-22(20)34-26(35)19-8-4-6-10-21(19)31-29(30)34/h4-16,23-25,32H,1-3H3/t23-,24+,25+,30+/m0/s1. The van der Waals surface area contributed by atoms with Gasteiger partial charge in [0, 0.05) is 11.6 Å². The SMILES string of the molecule is COc1ccc(N2C(=O)[C@@H]3[C@@H](C(C)C)N[C@]4(c5ccccc5-n5c4nc4ccccc4c5=O)[C@H]3C2=O)cc1. The molecule has 1 aromatic heterocycles. The van der Waals surface area contributed by atoms with Gasteiger partial charge in [-0.05, 0) is 48.4 Å². The first-order valence-electron chi connectivity index (χ1n) is 12.8. The predicted molar refractivity (Wildman–Crippen MR) is 142 cm³/mol. The van der Waals surface area contributed by atoms with Crippen molar-refractivity contribution >= 4 is 28.4 Å². The molecule has 4 heterocycles. The number of carbonyl (C=O) groups is 2. The molecule has 2 amide bonds. The van der Waals surface area contributed by atoms with Crippen molar-refractivity contribution in [3.63, 3.8) is 0 Å². The van der Waals surface area contributed by atoms with Crippen molar-refractivity contribution in [1.29, 1.82) is 0 Å². The van der Waals surface area contributed by atoms with Crippen molar-refractivity contribution in [2.45, 2.75) is 25.4 Å². The van der Waals surface area contributed by atoms with Crippen LogP contribution in [0, 0.1) is 17.8 Å². The van der Waals surface area contributed by atoms with Crippen LogP contribution >= 0.6 is 0 Å². The summed E-state index contributed by atoms with van der Waals surface area (Å²) >= 11 is 0. The Labute approximate surface area is 218 Å². The van der Waals surface area contributed by atoms with E-state index in [1.54, 1.807) is 42.0 Å². The maximum atomic E-state index is 14.4. The zero-order valence-electron chi connectivity index (χ0n) is 21.2. The maximum Gasteiger partial charge on any atom is 0.266 e. The predicted octanol–water partition coefficient (Wildman–Crippen LogP) is 3.38. The quantitative estimate of drug-likeness (QED) is 0.428. The van der Waals surface area contributed by atoms with Gasteiger partial charge in [0.15, 0.2) is 0 Å². The number of methoxy groups -OCH3 is 1. The minimum atomic E-state index is -1.13. The van der Waals surface area contributed by atoms with Crippen LogP contribution in [0.3, 0.4) is 0 Å². The molecule has 2 saturated heterocycles. The third-order valence-electron chi connectivity index (χ3n) is 8.35. The van der Waals surface area contributed by atoms with E-state index in [0.717, 1.165) is 5.56 Å². The summed E-state index contributed by atoms with van der Waals surface area (Å²) in [6.45, 7) is 4.09. The van der Waals surface area contributed by atoms with Crippen LogP contribution in [0.15, 0.2) is 77.6 Å². The van der Waals surface area contributed by atoms with Crippen LogP contribution in [0.4, 0.5) is 5.69 Å². The number of para-hydroxylation sites is 2. The zero-order chi connectivity index (χ0) is 26.3. The monoisotopic (exact) mass is 506 g/mol. The first-order valence-corrected chi connectivity index (χ1v) is 12.8. The molecule has 190 valence electrons. The Kier molecular flexibility index (Phi) is 4.72. The van der Waals surface area contributed by atoms with Crippen LogP contribution in [0.25, 0.3) is 16.6 Å². The minimum Gasteiger partial charge on any atom is -0.497 e. The maximum absolute atomic E-state index is 14.4. The summed E-state index contributed by atoms with van der Waals surface area (Å²) in [7, 11) is 1.57. The smallest absolute Gasteiger partial charge is 0.266 e. The lowest BCUT2D eigenvalue weighted by molar-refractivity contribution is -0.123. The molecule has 4 aromatic rings. The first-order chi connectivity index (χ1) is 18.4. The van der Waals surface area contributed by atoms with E-state index in [4.69, 9.17) is 9.72 Å². The topological polar surface area (TPSA) is 93.5 Å². The Morgan fingerprint density at radius 1 is 0.921 bits per heavy atom. The van der Waals surface area contributed by atoms with E-state index in [-0.39, 0.29) is 29.3 Å². The number of amides is 2. The molecule has 0 radical (unpaired) electrons. The average molecular weight is 507 g/mol. The first kappa shape index (κ1) is 22.9. The van der Waals surface area contributed by atoms with Crippen molar-refractivity contribution in [3.8, 4) is 11.4 Å². The van der Waals surface area contributed by atoms with Gasteiger partial charge < -0.3 is 4.74 Å². The number of anilines is 1. The van der Waals surface area contributed by atoms with E-state index in [2.05, 4.69) is 5.32 Å². The van der Waals surface area contributed by atoms with Gasteiger partial charge in [0.1, 0.15) is 17.1 Å². The lowest BCUT2D eigenvalue weighted by Gasteiger charge is -2.32. The fraction of sp³-hybridized carbons (Fsp3) is 0.267. The number of hydrogen-bond acceptors (Lipinski definition) is 6. The molecule has 0 saturated carbocycles. The molecule has 8 nitrogen and oxygen atoms in total. The second kappa shape index (κ2) is 7.85. The van der Waals surface area contributed by atoms with Crippen LogP contribution < -0.4 is 20.5 Å². The van der Waals surface area contributed by atoms with Crippen LogP contribution in [-0.2, 0) is 15.1 Å². The van der Waals surface area contributed by atoms with E-state index < -0.39 is 17.4 Å². The zero-order valence-corrected chi connectivity index (χ0v) is 21.2. The second-order valence-corrected chi connectivity index (χ2v) is 10.5. The highest BCUT2D eigenvalue weighted by Gasteiger charge is 2.70. The molecule has 0 bridgehead atoms. The minimum absolute atomic E-state index is 0.0443. The summed E-state index contributed by atoms with van der Waals surface area (Å²) < 4.78 is 6.89. The van der Waals surface area contributed by atoms with Gasteiger partial charge in [0.05, 0.1) is 41.2 Å². The fourth-order valence-electron chi connectivity index (χ4n) is 6.71. The van der Waals surface area contributed by atoms with Crippen LogP contribution in [0.1, 0.15) is 25.2 Å². The fourth-order valence-corrected chi connectivity index (χ4v) is 6.71. The van der Waals surface area contributed by atoms with Crippen molar-refractivity contribution in [1.82, 2.24) is 14.9 Å². The molecule has 3 aliphatic rings. The Hall–Kier alpha value is -4.30. The van der Waals surface area contributed by atoms with Crippen molar-refractivity contribution in [2.75, 3.05) is 12.0 Å². The van der Waals surface area contributed by atoms with Gasteiger partial charge in [-0.25, -0.2) is 9.88 Å². The Balaban J connectivity index is 1.51. The van der Waals surface area contributed by atoms with Crippen LogP contribution in [-0.4, -0.2) is 34.5 Å². The van der Waals surface area contributed by atoms with Crippen LogP contribution in [0.2, 0.25) is 0 Å². The molecule has 3 aliphatic heterocycles. The molecule has 1 N–H and O–H groups in total. The van der Waals surface area contributed by atoms with Crippen molar-refractivity contribution in [3.05, 3.63) is 94.5 Å². The molecular weight excluding hydrogens is 480 g/mol. The summed E-state index contributed by atoms with van der Waals surface area (Å²) in [5, 5.41) is 4.22. The highest BCUT2D eigenvalue weighted by Crippen LogP contribution is 2.56. The number of ether oxygens (including phenoxy) is 1. The van der Waals surface area contributed by atoms with E-state index in [9.17, 15) is 14.4 Å². The van der Waals surface area contributed by atoms with Crippen LogP contribution in [0.5, 0.6) is 5.75 Å². The molecule has 0 aliphatic carbocycles. The van der Waals surface area contributed by atoms with Gasteiger partial charge in [-0.15, -0.1) is 0 Å². The summed E-state index contributed by atoms with van der Waals surface area (Å²) in [5.41, 5.74) is 1.22. The van der Waals surface area contributed by atoms with Gasteiger partial charge >= 0.3 is 0 Å². The number of hydrogen-bond donors (Lipinski definition) is 1. The van der Waals surface area contributed by atoms with Gasteiger partial charge in [-0.3, -0.25) is 24.3 Å².